The molecule has 0 bridgehead atoms. The molecular weight excluding hydrogens is 400 g/mol. The van der Waals surface area contributed by atoms with E-state index in [1.807, 2.05) is 18.7 Å². The average molecular weight is 425 g/mol. The van der Waals surface area contributed by atoms with Crippen LogP contribution in [0.4, 0.5) is 0 Å². The van der Waals surface area contributed by atoms with Crippen molar-refractivity contribution in [2.45, 2.75) is 43.8 Å². The van der Waals surface area contributed by atoms with Crippen LogP contribution in [-0.4, -0.2) is 70.7 Å². The van der Waals surface area contributed by atoms with Crippen LogP contribution in [0.15, 0.2) is 23.1 Å². The van der Waals surface area contributed by atoms with E-state index in [1.165, 1.54) is 4.31 Å². The molecule has 28 heavy (non-hydrogen) atoms. The molecule has 0 spiro atoms. The molecule has 10 heteroatoms. The predicted molar refractivity (Wildman–Crippen MR) is 105 cm³/mol. The fourth-order valence-electron chi connectivity index (χ4n) is 4.09. The third kappa shape index (κ3) is 3.66. The number of fused-ring (bicyclic) bond motifs is 1. The third-order valence-electron chi connectivity index (χ3n) is 5.40. The maximum atomic E-state index is 13.1. The van der Waals surface area contributed by atoms with Crippen molar-refractivity contribution in [3.63, 3.8) is 0 Å². The van der Waals surface area contributed by atoms with Crippen molar-refractivity contribution in [1.29, 1.82) is 0 Å². The molecule has 0 unspecified atom stereocenters. The Hall–Kier alpha value is -1.62. The summed E-state index contributed by atoms with van der Waals surface area (Å²) in [6.07, 6.45) is 1.12. The SMILES string of the molecule is C[C@@H]1CN(C(=O)C2CCN(S(=O)(=O)c3cccc4nsnc34)CC2)C[C@H](C)O1. The van der Waals surface area contributed by atoms with Gasteiger partial charge < -0.3 is 9.64 Å². The zero-order valence-corrected chi connectivity index (χ0v) is 17.6. The Balaban J connectivity index is 1.45. The van der Waals surface area contributed by atoms with Crippen molar-refractivity contribution < 1.29 is 17.9 Å². The molecule has 4 rings (SSSR count). The highest BCUT2D eigenvalue weighted by molar-refractivity contribution is 7.89. The molecule has 152 valence electrons. The minimum atomic E-state index is -3.66. The Labute approximate surface area is 168 Å². The molecule has 8 nitrogen and oxygen atoms in total. The number of rotatable bonds is 3. The minimum absolute atomic E-state index is 0.0281. The Morgan fingerprint density at radius 3 is 2.50 bits per heavy atom. The van der Waals surface area contributed by atoms with Crippen LogP contribution in [0.5, 0.6) is 0 Å². The van der Waals surface area contributed by atoms with E-state index >= 15 is 0 Å². The van der Waals surface area contributed by atoms with Gasteiger partial charge in [0.2, 0.25) is 15.9 Å². The van der Waals surface area contributed by atoms with E-state index in [1.54, 1.807) is 18.2 Å². The first-order chi connectivity index (χ1) is 13.4. The maximum Gasteiger partial charge on any atom is 0.245 e. The molecule has 1 aromatic carbocycles. The number of benzene rings is 1. The van der Waals surface area contributed by atoms with Crippen molar-refractivity contribution in [3.8, 4) is 0 Å². The number of morpholine rings is 1. The molecule has 2 aliphatic rings. The summed E-state index contributed by atoms with van der Waals surface area (Å²) in [5.41, 5.74) is 1.01. The second kappa shape index (κ2) is 7.66. The van der Waals surface area contributed by atoms with Crippen LogP contribution < -0.4 is 0 Å². The summed E-state index contributed by atoms with van der Waals surface area (Å²) < 4.78 is 41.7. The number of hydrogen-bond acceptors (Lipinski definition) is 7. The summed E-state index contributed by atoms with van der Waals surface area (Å²) in [6.45, 7) is 5.81. The van der Waals surface area contributed by atoms with Gasteiger partial charge in [0.1, 0.15) is 15.9 Å². The molecule has 1 amide bonds. The van der Waals surface area contributed by atoms with Gasteiger partial charge in [-0.05, 0) is 38.8 Å². The van der Waals surface area contributed by atoms with E-state index in [2.05, 4.69) is 8.75 Å². The lowest BCUT2D eigenvalue weighted by molar-refractivity contribution is -0.148. The van der Waals surface area contributed by atoms with Crippen LogP contribution in [0.2, 0.25) is 0 Å². The van der Waals surface area contributed by atoms with E-state index < -0.39 is 10.0 Å². The van der Waals surface area contributed by atoms with Gasteiger partial charge in [-0.3, -0.25) is 4.79 Å². The van der Waals surface area contributed by atoms with Crippen molar-refractivity contribution in [3.05, 3.63) is 18.2 Å². The average Bonchev–Trinajstić information content (AvgIpc) is 3.15. The molecule has 2 saturated heterocycles. The van der Waals surface area contributed by atoms with Gasteiger partial charge in [-0.1, -0.05) is 6.07 Å². The summed E-state index contributed by atoms with van der Waals surface area (Å²) in [7, 11) is -3.66. The second-order valence-electron chi connectivity index (χ2n) is 7.57. The first-order valence-corrected chi connectivity index (χ1v) is 11.7. The molecule has 3 heterocycles. The van der Waals surface area contributed by atoms with E-state index in [-0.39, 0.29) is 28.9 Å². The highest BCUT2D eigenvalue weighted by Crippen LogP contribution is 2.29. The molecule has 2 fully saturated rings. The highest BCUT2D eigenvalue weighted by atomic mass is 32.2. The number of carbonyl (C=O) groups excluding carboxylic acids is 1. The fraction of sp³-hybridized carbons (Fsp3) is 0.611. The van der Waals surface area contributed by atoms with Gasteiger partial charge in [-0.25, -0.2) is 8.42 Å². The topological polar surface area (TPSA) is 92.7 Å². The normalized spacial score (nSPS) is 25.3. The largest absolute Gasteiger partial charge is 0.372 e. The zero-order chi connectivity index (χ0) is 19.9. The van der Waals surface area contributed by atoms with Gasteiger partial charge in [0.25, 0.3) is 0 Å². The highest BCUT2D eigenvalue weighted by Gasteiger charge is 2.36. The maximum absolute atomic E-state index is 13.1. The molecular formula is C18H24N4O4S2. The molecule has 0 saturated carbocycles. The van der Waals surface area contributed by atoms with Crippen LogP contribution in [0, 0.1) is 5.92 Å². The summed E-state index contributed by atoms with van der Waals surface area (Å²) in [5, 5.41) is 0. The zero-order valence-electron chi connectivity index (χ0n) is 15.9. The number of aromatic nitrogens is 2. The van der Waals surface area contributed by atoms with Crippen molar-refractivity contribution in [1.82, 2.24) is 18.0 Å². The molecule has 2 atom stereocenters. The molecule has 0 radical (unpaired) electrons. The number of hydrogen-bond donors (Lipinski definition) is 0. The number of amides is 1. The summed E-state index contributed by atoms with van der Waals surface area (Å²) >= 11 is 1.01. The number of sulfonamides is 1. The van der Waals surface area contributed by atoms with Crippen LogP contribution in [0.1, 0.15) is 26.7 Å². The Kier molecular flexibility index (Phi) is 5.38. The minimum Gasteiger partial charge on any atom is -0.372 e. The van der Waals surface area contributed by atoms with Gasteiger partial charge >= 0.3 is 0 Å². The van der Waals surface area contributed by atoms with E-state index in [0.29, 0.717) is 50.1 Å². The third-order valence-corrected chi connectivity index (χ3v) is 7.87. The summed E-state index contributed by atoms with van der Waals surface area (Å²) in [4.78, 5) is 15.0. The van der Waals surface area contributed by atoms with Crippen molar-refractivity contribution in [2.24, 2.45) is 5.92 Å². The number of piperidine rings is 1. The van der Waals surface area contributed by atoms with Crippen molar-refractivity contribution in [2.75, 3.05) is 26.2 Å². The lowest BCUT2D eigenvalue weighted by Gasteiger charge is -2.39. The smallest absolute Gasteiger partial charge is 0.245 e. The van der Waals surface area contributed by atoms with Gasteiger partial charge in [-0.2, -0.15) is 13.1 Å². The summed E-state index contributed by atoms with van der Waals surface area (Å²) in [5.74, 6) is -0.0227. The lowest BCUT2D eigenvalue weighted by atomic mass is 9.96. The van der Waals surface area contributed by atoms with Crippen LogP contribution in [0.25, 0.3) is 11.0 Å². The number of nitrogens with zero attached hydrogens (tertiary/aromatic N) is 4. The van der Waals surface area contributed by atoms with E-state index in [9.17, 15) is 13.2 Å². The van der Waals surface area contributed by atoms with Gasteiger partial charge in [0.15, 0.2) is 0 Å². The number of ether oxygens (including phenoxy) is 1. The van der Waals surface area contributed by atoms with Gasteiger partial charge in [-0.15, -0.1) is 0 Å². The Morgan fingerprint density at radius 1 is 1.14 bits per heavy atom. The molecule has 2 aliphatic heterocycles. The van der Waals surface area contributed by atoms with Crippen LogP contribution in [0.3, 0.4) is 0 Å². The quantitative estimate of drug-likeness (QED) is 0.745. The monoisotopic (exact) mass is 424 g/mol. The Bertz CT molecular complexity index is 959. The first kappa shape index (κ1) is 19.7. The molecule has 1 aromatic heterocycles. The number of carbonyl (C=O) groups is 1. The van der Waals surface area contributed by atoms with Crippen LogP contribution >= 0.6 is 11.7 Å². The standard InChI is InChI=1S/C18H24N4O4S2/c1-12-10-21(11-13(2)26-12)18(23)14-6-8-22(9-7-14)28(24,25)16-5-3-4-15-17(16)20-27-19-15/h3-5,12-14H,6-11H2,1-2H3/t12-,13+. The van der Waals surface area contributed by atoms with Gasteiger partial charge in [0.05, 0.1) is 23.9 Å². The van der Waals surface area contributed by atoms with E-state index in [0.717, 1.165) is 11.7 Å². The first-order valence-electron chi connectivity index (χ1n) is 9.52. The predicted octanol–water partition coefficient (Wildman–Crippen LogP) is 1.73. The lowest BCUT2D eigenvalue weighted by Crippen LogP contribution is -2.51. The van der Waals surface area contributed by atoms with E-state index in [4.69, 9.17) is 4.74 Å². The van der Waals surface area contributed by atoms with Gasteiger partial charge in [0, 0.05) is 32.1 Å². The molecule has 2 aromatic rings. The fourth-order valence-corrected chi connectivity index (χ4v) is 6.31. The van der Waals surface area contributed by atoms with Crippen molar-refractivity contribution >= 4 is 38.7 Å². The summed E-state index contributed by atoms with van der Waals surface area (Å²) in [6, 6.07) is 5.02. The molecule has 0 N–H and O–H groups in total. The second-order valence-corrected chi connectivity index (χ2v) is 10.0. The Morgan fingerprint density at radius 2 is 1.82 bits per heavy atom. The molecule has 0 aliphatic carbocycles. The van der Waals surface area contributed by atoms with Crippen LogP contribution in [-0.2, 0) is 19.6 Å².